The topological polar surface area (TPSA) is 102 Å². The number of nitrogens with two attached hydrogens (primary N) is 1. The highest BCUT2D eigenvalue weighted by Crippen LogP contribution is 2.38. The molecule has 1 amide bonds. The molecule has 1 aromatic heterocycles. The summed E-state index contributed by atoms with van der Waals surface area (Å²) in [4.78, 5) is 15.0. The van der Waals surface area contributed by atoms with Crippen molar-refractivity contribution in [2.45, 2.75) is 31.6 Å². The quantitative estimate of drug-likeness (QED) is 0.672. The summed E-state index contributed by atoms with van der Waals surface area (Å²) < 4.78 is 29.4. The van der Waals surface area contributed by atoms with Crippen molar-refractivity contribution in [3.05, 3.63) is 53.2 Å². The Morgan fingerprint density at radius 3 is 2.70 bits per heavy atom. The largest absolute Gasteiger partial charge is 0.493 e. The van der Waals surface area contributed by atoms with Gasteiger partial charge in [0.05, 0.1) is 24.5 Å². The molecule has 2 aliphatic heterocycles. The summed E-state index contributed by atoms with van der Waals surface area (Å²) in [7, 11) is -2.92. The average Bonchev–Trinajstić information content (AvgIpc) is 3.34. The van der Waals surface area contributed by atoms with Crippen LogP contribution in [0.1, 0.15) is 35.4 Å². The Bertz CT molecular complexity index is 1250. The molecule has 0 spiro atoms. The minimum atomic E-state index is -2.92. The minimum Gasteiger partial charge on any atom is -0.493 e. The predicted molar refractivity (Wildman–Crippen MR) is 116 cm³/mol. The summed E-state index contributed by atoms with van der Waals surface area (Å²) >= 11 is 0. The fourth-order valence-electron chi connectivity index (χ4n) is 4.73. The van der Waals surface area contributed by atoms with Crippen LogP contribution in [0.25, 0.3) is 22.0 Å². The van der Waals surface area contributed by atoms with Crippen LogP contribution in [0.4, 0.5) is 0 Å². The number of aromatic nitrogens is 1. The highest BCUT2D eigenvalue weighted by molar-refractivity contribution is 7.91. The van der Waals surface area contributed by atoms with Gasteiger partial charge in [-0.3, -0.25) is 4.79 Å². The van der Waals surface area contributed by atoms with Gasteiger partial charge >= 0.3 is 0 Å². The molecule has 3 heterocycles. The van der Waals surface area contributed by atoms with E-state index in [0.29, 0.717) is 19.4 Å². The van der Waals surface area contributed by atoms with E-state index in [4.69, 9.17) is 10.5 Å². The summed E-state index contributed by atoms with van der Waals surface area (Å²) in [6.07, 6.45) is 4.27. The highest BCUT2D eigenvalue weighted by atomic mass is 32.2. The van der Waals surface area contributed by atoms with E-state index in [1.165, 1.54) is 5.56 Å². The molecule has 2 aromatic carbocycles. The first kappa shape index (κ1) is 19.2. The van der Waals surface area contributed by atoms with Gasteiger partial charge < -0.3 is 15.5 Å². The normalized spacial score (nSPS) is 18.3. The number of amides is 1. The van der Waals surface area contributed by atoms with Crippen LogP contribution >= 0.6 is 0 Å². The second-order valence-corrected chi connectivity index (χ2v) is 10.6. The van der Waals surface area contributed by atoms with Gasteiger partial charge in [0, 0.05) is 23.5 Å². The highest BCUT2D eigenvalue weighted by Gasteiger charge is 2.27. The fraction of sp³-hybridized carbons (Fsp3) is 0.348. The SMILES string of the molecule is NC(=O)Cc1cc(-c2ccc3c(c2)CCO3)cc2c(C3CCS(=O)(=O)CC3)c[nH]c12. The zero-order valence-electron chi connectivity index (χ0n) is 16.6. The Balaban J connectivity index is 1.62. The molecule has 7 heteroatoms. The molecule has 2 aliphatic rings. The number of ether oxygens (including phenoxy) is 1. The van der Waals surface area contributed by atoms with Gasteiger partial charge in [0.15, 0.2) is 0 Å². The lowest BCUT2D eigenvalue weighted by atomic mass is 9.90. The molecule has 30 heavy (non-hydrogen) atoms. The van der Waals surface area contributed by atoms with E-state index in [1.807, 2.05) is 24.4 Å². The number of hydrogen-bond acceptors (Lipinski definition) is 4. The molecule has 0 saturated carbocycles. The number of hydrogen-bond donors (Lipinski definition) is 2. The molecule has 1 saturated heterocycles. The standard InChI is InChI=1S/C23H24N2O4S/c24-22(26)12-18-10-17(15-1-2-21-16(9-15)3-6-29-21)11-19-20(13-25-23(18)19)14-4-7-30(27,28)8-5-14/h1-2,9-11,13-14,25H,3-8,12H2,(H2,24,26). The van der Waals surface area contributed by atoms with Crippen LogP contribution in [0.5, 0.6) is 5.75 Å². The molecule has 3 N–H and O–H groups in total. The molecule has 156 valence electrons. The molecule has 0 atom stereocenters. The van der Waals surface area contributed by atoms with Crippen molar-refractivity contribution in [3.63, 3.8) is 0 Å². The number of primary amides is 1. The lowest BCUT2D eigenvalue weighted by molar-refractivity contribution is -0.117. The first-order valence-corrected chi connectivity index (χ1v) is 12.1. The lowest BCUT2D eigenvalue weighted by Crippen LogP contribution is -2.22. The van der Waals surface area contributed by atoms with Crippen molar-refractivity contribution in [1.29, 1.82) is 0 Å². The lowest BCUT2D eigenvalue weighted by Gasteiger charge is -2.21. The molecule has 0 bridgehead atoms. The van der Waals surface area contributed by atoms with Crippen molar-refractivity contribution in [1.82, 2.24) is 4.98 Å². The Morgan fingerprint density at radius 1 is 1.13 bits per heavy atom. The van der Waals surface area contributed by atoms with Crippen molar-refractivity contribution < 1.29 is 17.9 Å². The second-order valence-electron chi connectivity index (χ2n) is 8.29. The van der Waals surface area contributed by atoms with Gasteiger partial charge in [-0.2, -0.15) is 0 Å². The molecule has 0 aliphatic carbocycles. The summed E-state index contributed by atoms with van der Waals surface area (Å²) in [5.41, 5.74) is 11.7. The number of carbonyl (C=O) groups excluding carboxylic acids is 1. The van der Waals surface area contributed by atoms with Crippen LogP contribution in [0.15, 0.2) is 36.5 Å². The zero-order chi connectivity index (χ0) is 20.9. The minimum absolute atomic E-state index is 0.150. The van der Waals surface area contributed by atoms with E-state index in [9.17, 15) is 13.2 Å². The Kier molecular flexibility index (Phi) is 4.58. The molecule has 1 fully saturated rings. The maximum Gasteiger partial charge on any atom is 0.221 e. The number of sulfone groups is 1. The van der Waals surface area contributed by atoms with Gasteiger partial charge in [0.25, 0.3) is 0 Å². The van der Waals surface area contributed by atoms with Gasteiger partial charge in [-0.05, 0) is 70.8 Å². The fourth-order valence-corrected chi connectivity index (χ4v) is 6.22. The summed E-state index contributed by atoms with van der Waals surface area (Å²) in [5.74, 6) is 1.19. The molecule has 6 nitrogen and oxygen atoms in total. The number of fused-ring (bicyclic) bond motifs is 2. The number of carbonyl (C=O) groups is 1. The predicted octanol–water partition coefficient (Wildman–Crippen LogP) is 3.09. The van der Waals surface area contributed by atoms with Gasteiger partial charge in [-0.1, -0.05) is 6.07 Å². The number of aromatic amines is 1. The van der Waals surface area contributed by atoms with E-state index in [-0.39, 0.29) is 29.8 Å². The molecule has 5 rings (SSSR count). The second kappa shape index (κ2) is 7.16. The van der Waals surface area contributed by atoms with E-state index in [2.05, 4.69) is 17.1 Å². The van der Waals surface area contributed by atoms with Gasteiger partial charge in [-0.15, -0.1) is 0 Å². The Labute approximate surface area is 175 Å². The van der Waals surface area contributed by atoms with E-state index in [1.54, 1.807) is 0 Å². The van der Waals surface area contributed by atoms with Crippen molar-refractivity contribution in [2.75, 3.05) is 18.1 Å². The van der Waals surface area contributed by atoms with Gasteiger partial charge in [0.2, 0.25) is 5.91 Å². The zero-order valence-corrected chi connectivity index (χ0v) is 17.4. The van der Waals surface area contributed by atoms with Crippen molar-refractivity contribution >= 4 is 26.6 Å². The first-order valence-electron chi connectivity index (χ1n) is 10.3. The van der Waals surface area contributed by atoms with E-state index >= 15 is 0 Å². The maximum atomic E-state index is 11.9. The molecule has 0 unspecified atom stereocenters. The average molecular weight is 425 g/mol. The van der Waals surface area contributed by atoms with E-state index in [0.717, 1.165) is 45.3 Å². The molecule has 3 aromatic rings. The smallest absolute Gasteiger partial charge is 0.221 e. The molecule has 0 radical (unpaired) electrons. The number of H-pyrrole nitrogens is 1. The third kappa shape index (κ3) is 3.47. The number of rotatable bonds is 4. The summed E-state index contributed by atoms with van der Waals surface area (Å²) in [6.45, 7) is 0.706. The maximum absolute atomic E-state index is 11.9. The Morgan fingerprint density at radius 2 is 1.93 bits per heavy atom. The van der Waals surface area contributed by atoms with Crippen LogP contribution in [0.2, 0.25) is 0 Å². The van der Waals surface area contributed by atoms with Crippen LogP contribution < -0.4 is 10.5 Å². The van der Waals surface area contributed by atoms with Crippen LogP contribution in [0.3, 0.4) is 0 Å². The summed E-state index contributed by atoms with van der Waals surface area (Å²) in [5, 5.41) is 1.05. The van der Waals surface area contributed by atoms with Crippen LogP contribution in [-0.2, 0) is 27.5 Å². The van der Waals surface area contributed by atoms with Crippen molar-refractivity contribution in [3.8, 4) is 16.9 Å². The number of benzene rings is 2. The van der Waals surface area contributed by atoms with E-state index < -0.39 is 9.84 Å². The Hall–Kier alpha value is -2.80. The van der Waals surface area contributed by atoms with Crippen molar-refractivity contribution in [2.24, 2.45) is 5.73 Å². The third-order valence-electron chi connectivity index (χ3n) is 6.28. The first-order chi connectivity index (χ1) is 14.4. The van der Waals surface area contributed by atoms with Gasteiger partial charge in [0.1, 0.15) is 15.6 Å². The molecular weight excluding hydrogens is 400 g/mol. The number of nitrogens with one attached hydrogen (secondary N) is 1. The van der Waals surface area contributed by atoms with Crippen LogP contribution in [0, 0.1) is 0 Å². The molecular formula is C23H24N2O4S. The van der Waals surface area contributed by atoms with Crippen LogP contribution in [-0.4, -0.2) is 37.4 Å². The summed E-state index contributed by atoms with van der Waals surface area (Å²) in [6, 6.07) is 10.4. The third-order valence-corrected chi connectivity index (χ3v) is 8.00. The van der Waals surface area contributed by atoms with Gasteiger partial charge in [-0.25, -0.2) is 8.42 Å². The monoisotopic (exact) mass is 424 g/mol.